The topological polar surface area (TPSA) is 23.9 Å². The number of halogens is 2. The third-order valence-corrected chi connectivity index (χ3v) is 1.73. The van der Waals surface area contributed by atoms with Crippen molar-refractivity contribution in [1.29, 1.82) is 5.41 Å². The molecule has 0 fully saturated rings. The molecule has 0 aromatic heterocycles. The number of rotatable bonds is 1. The van der Waals surface area contributed by atoms with Crippen LogP contribution in [-0.4, -0.2) is 5.71 Å². The summed E-state index contributed by atoms with van der Waals surface area (Å²) in [6, 6.07) is 5.08. The quantitative estimate of drug-likeness (QED) is 0.653. The molecule has 1 nitrogen and oxygen atoms in total. The average Bonchev–Trinajstić information content (AvgIpc) is 1.85. The minimum absolute atomic E-state index is 0.467. The molecule has 0 bridgehead atoms. The van der Waals surface area contributed by atoms with Gasteiger partial charge in [0.15, 0.2) is 0 Å². The molecule has 0 saturated heterocycles. The summed E-state index contributed by atoms with van der Waals surface area (Å²) in [6.45, 7) is 1.70. The van der Waals surface area contributed by atoms with E-state index in [4.69, 9.17) is 28.6 Å². The molecular formula is C8H7Cl2N. The maximum atomic E-state index is 7.31. The fourth-order valence-corrected chi connectivity index (χ4v) is 1.30. The van der Waals surface area contributed by atoms with E-state index in [1.807, 2.05) is 0 Å². The zero-order valence-electron chi connectivity index (χ0n) is 5.99. The van der Waals surface area contributed by atoms with Gasteiger partial charge < -0.3 is 5.41 Å². The van der Waals surface area contributed by atoms with E-state index in [0.29, 0.717) is 15.8 Å². The van der Waals surface area contributed by atoms with Crippen LogP contribution in [0.25, 0.3) is 0 Å². The van der Waals surface area contributed by atoms with Gasteiger partial charge in [-0.1, -0.05) is 23.2 Å². The molecule has 3 heteroatoms. The van der Waals surface area contributed by atoms with Crippen molar-refractivity contribution in [2.75, 3.05) is 0 Å². The van der Waals surface area contributed by atoms with Crippen molar-refractivity contribution in [2.45, 2.75) is 6.92 Å². The van der Waals surface area contributed by atoms with Crippen molar-refractivity contribution in [3.8, 4) is 0 Å². The van der Waals surface area contributed by atoms with Crippen LogP contribution in [0.4, 0.5) is 0 Å². The highest BCUT2D eigenvalue weighted by Crippen LogP contribution is 2.18. The molecule has 0 aliphatic carbocycles. The maximum absolute atomic E-state index is 7.31. The summed E-state index contributed by atoms with van der Waals surface area (Å²) in [6.07, 6.45) is 0. The molecule has 0 unspecified atom stereocenters. The van der Waals surface area contributed by atoms with Gasteiger partial charge >= 0.3 is 0 Å². The molecule has 0 radical (unpaired) electrons. The number of hydrogen-bond acceptors (Lipinski definition) is 1. The number of benzene rings is 1. The van der Waals surface area contributed by atoms with Crippen molar-refractivity contribution in [2.24, 2.45) is 0 Å². The van der Waals surface area contributed by atoms with Gasteiger partial charge in [-0.2, -0.15) is 0 Å². The lowest BCUT2D eigenvalue weighted by atomic mass is 10.1. The Morgan fingerprint density at radius 1 is 1.18 bits per heavy atom. The number of nitrogens with one attached hydrogen (secondary N) is 1. The monoisotopic (exact) mass is 187 g/mol. The Labute approximate surface area is 75.5 Å². The fourth-order valence-electron chi connectivity index (χ4n) is 0.770. The second kappa shape index (κ2) is 3.24. The molecule has 1 rings (SSSR count). The van der Waals surface area contributed by atoms with Crippen LogP contribution in [0.2, 0.25) is 10.0 Å². The molecule has 0 saturated carbocycles. The van der Waals surface area contributed by atoms with E-state index >= 15 is 0 Å². The summed E-state index contributed by atoms with van der Waals surface area (Å²) in [5, 5.41) is 8.45. The zero-order chi connectivity index (χ0) is 8.43. The van der Waals surface area contributed by atoms with Crippen LogP contribution in [-0.2, 0) is 0 Å². The van der Waals surface area contributed by atoms with Crippen molar-refractivity contribution >= 4 is 28.9 Å². The molecule has 1 aromatic rings. The van der Waals surface area contributed by atoms with E-state index in [1.165, 1.54) is 0 Å². The van der Waals surface area contributed by atoms with Gasteiger partial charge in [0.25, 0.3) is 0 Å². The van der Waals surface area contributed by atoms with Gasteiger partial charge in [-0.25, -0.2) is 0 Å². The normalized spacial score (nSPS) is 9.73. The van der Waals surface area contributed by atoms with Gasteiger partial charge in [-0.15, -0.1) is 0 Å². The van der Waals surface area contributed by atoms with E-state index in [9.17, 15) is 0 Å². The van der Waals surface area contributed by atoms with E-state index in [0.717, 1.165) is 5.56 Å². The zero-order valence-corrected chi connectivity index (χ0v) is 7.50. The molecule has 0 heterocycles. The Bertz CT molecular complexity index is 274. The summed E-state index contributed by atoms with van der Waals surface area (Å²) >= 11 is 11.4. The van der Waals surface area contributed by atoms with Gasteiger partial charge in [0, 0.05) is 15.8 Å². The summed E-state index contributed by atoms with van der Waals surface area (Å²) < 4.78 is 0. The van der Waals surface area contributed by atoms with Crippen LogP contribution in [0.1, 0.15) is 12.5 Å². The molecule has 0 spiro atoms. The Kier molecular flexibility index (Phi) is 2.53. The fraction of sp³-hybridized carbons (Fsp3) is 0.125. The summed E-state index contributed by atoms with van der Waals surface area (Å²) in [7, 11) is 0. The summed E-state index contributed by atoms with van der Waals surface area (Å²) in [5.41, 5.74) is 1.23. The highest BCUT2D eigenvalue weighted by Gasteiger charge is 1.98. The molecule has 1 aromatic carbocycles. The lowest BCUT2D eigenvalue weighted by Crippen LogP contribution is -1.90. The van der Waals surface area contributed by atoms with Crippen LogP contribution in [0.3, 0.4) is 0 Å². The molecule has 1 N–H and O–H groups in total. The first kappa shape index (κ1) is 8.57. The van der Waals surface area contributed by atoms with Gasteiger partial charge in [-0.3, -0.25) is 0 Å². The molecule has 0 atom stereocenters. The summed E-state index contributed by atoms with van der Waals surface area (Å²) in [4.78, 5) is 0. The molecule has 58 valence electrons. The molecular weight excluding hydrogens is 181 g/mol. The van der Waals surface area contributed by atoms with Gasteiger partial charge in [0.2, 0.25) is 0 Å². The lowest BCUT2D eigenvalue weighted by molar-refractivity contribution is 1.45. The summed E-state index contributed by atoms with van der Waals surface area (Å²) in [5.74, 6) is 0. The Morgan fingerprint density at radius 2 is 1.64 bits per heavy atom. The molecule has 11 heavy (non-hydrogen) atoms. The van der Waals surface area contributed by atoms with Crippen LogP contribution >= 0.6 is 23.2 Å². The Morgan fingerprint density at radius 3 is 2.00 bits per heavy atom. The van der Waals surface area contributed by atoms with Crippen molar-refractivity contribution in [3.05, 3.63) is 33.8 Å². The maximum Gasteiger partial charge on any atom is 0.0427 e. The Hall–Kier alpha value is -0.530. The van der Waals surface area contributed by atoms with Gasteiger partial charge in [0.1, 0.15) is 0 Å². The first-order valence-corrected chi connectivity index (χ1v) is 3.87. The lowest BCUT2D eigenvalue weighted by Gasteiger charge is -1.99. The second-order valence-electron chi connectivity index (χ2n) is 2.28. The standard InChI is InChI=1S/C8H7Cl2N/c1-5(11)6-2-7(9)4-8(10)3-6/h2-4,11H,1H3. The van der Waals surface area contributed by atoms with E-state index < -0.39 is 0 Å². The van der Waals surface area contributed by atoms with Crippen LogP contribution < -0.4 is 0 Å². The predicted molar refractivity (Wildman–Crippen MR) is 49.0 cm³/mol. The third kappa shape index (κ3) is 2.21. The molecule has 0 aliphatic heterocycles. The van der Waals surface area contributed by atoms with Gasteiger partial charge in [-0.05, 0) is 30.7 Å². The predicted octanol–water partition coefficient (Wildman–Crippen LogP) is 3.38. The third-order valence-electron chi connectivity index (χ3n) is 1.30. The van der Waals surface area contributed by atoms with Gasteiger partial charge in [0.05, 0.1) is 0 Å². The van der Waals surface area contributed by atoms with Crippen molar-refractivity contribution in [1.82, 2.24) is 0 Å². The van der Waals surface area contributed by atoms with Crippen molar-refractivity contribution < 1.29 is 0 Å². The van der Waals surface area contributed by atoms with Crippen LogP contribution in [0.15, 0.2) is 18.2 Å². The van der Waals surface area contributed by atoms with E-state index in [1.54, 1.807) is 25.1 Å². The highest BCUT2D eigenvalue weighted by atomic mass is 35.5. The van der Waals surface area contributed by atoms with E-state index in [-0.39, 0.29) is 0 Å². The minimum atomic E-state index is 0.467. The minimum Gasteiger partial charge on any atom is -0.305 e. The second-order valence-corrected chi connectivity index (χ2v) is 3.16. The largest absolute Gasteiger partial charge is 0.305 e. The molecule has 0 aliphatic rings. The smallest absolute Gasteiger partial charge is 0.0427 e. The van der Waals surface area contributed by atoms with E-state index in [2.05, 4.69) is 0 Å². The van der Waals surface area contributed by atoms with Crippen LogP contribution in [0.5, 0.6) is 0 Å². The van der Waals surface area contributed by atoms with Crippen LogP contribution in [0, 0.1) is 5.41 Å². The highest BCUT2D eigenvalue weighted by molar-refractivity contribution is 6.35. The number of hydrogen-bond donors (Lipinski definition) is 1. The SMILES string of the molecule is CC(=N)c1cc(Cl)cc(Cl)c1. The van der Waals surface area contributed by atoms with Crippen molar-refractivity contribution in [3.63, 3.8) is 0 Å². The molecule has 0 amide bonds. The first-order valence-electron chi connectivity index (χ1n) is 3.11. The Balaban J connectivity index is 3.19. The average molecular weight is 188 g/mol. The first-order chi connectivity index (χ1) is 5.09.